The molecule has 0 atom stereocenters. The van der Waals surface area contributed by atoms with Gasteiger partial charge in [0.05, 0.1) is 26.9 Å². The summed E-state index contributed by atoms with van der Waals surface area (Å²) < 4.78 is 21.8. The van der Waals surface area contributed by atoms with Gasteiger partial charge in [-0.1, -0.05) is 0 Å². The van der Waals surface area contributed by atoms with Crippen LogP contribution in [0.2, 0.25) is 0 Å². The molecule has 29 heavy (non-hydrogen) atoms. The zero-order valence-corrected chi connectivity index (χ0v) is 17.8. The van der Waals surface area contributed by atoms with Crippen molar-refractivity contribution in [3.8, 4) is 17.2 Å². The molecule has 8 nitrogen and oxygen atoms in total. The highest BCUT2D eigenvalue weighted by molar-refractivity contribution is 5.95. The van der Waals surface area contributed by atoms with Gasteiger partial charge in [-0.25, -0.2) is 4.79 Å². The van der Waals surface area contributed by atoms with Crippen LogP contribution in [0.5, 0.6) is 17.2 Å². The second kappa shape index (κ2) is 11.4. The Morgan fingerprint density at radius 2 is 1.55 bits per heavy atom. The number of methoxy groups -OCH3 is 1. The molecule has 1 aromatic rings. The summed E-state index contributed by atoms with van der Waals surface area (Å²) in [5, 5.41) is 2.99. The van der Waals surface area contributed by atoms with E-state index in [1.807, 2.05) is 20.8 Å². The molecule has 162 valence electrons. The highest BCUT2D eigenvalue weighted by Gasteiger charge is 2.24. The standard InChI is InChI=1S/C21H32N2O6/c1-5-27-17-12-16(13-18(28-6-2)19(17)29-7-3)20(24)22-14-15-8-10-23(11-9-15)21(25)26-4/h12-13,15H,5-11,14H2,1-4H3,(H,22,24). The van der Waals surface area contributed by atoms with E-state index in [0.29, 0.717) is 68.2 Å². The highest BCUT2D eigenvalue weighted by atomic mass is 16.5. The minimum Gasteiger partial charge on any atom is -0.490 e. The third-order valence-electron chi connectivity index (χ3n) is 4.77. The Labute approximate surface area is 172 Å². The maximum absolute atomic E-state index is 12.7. The fraction of sp³-hybridized carbons (Fsp3) is 0.619. The summed E-state index contributed by atoms with van der Waals surface area (Å²) in [6.45, 7) is 8.85. The van der Waals surface area contributed by atoms with Crippen LogP contribution < -0.4 is 19.5 Å². The lowest BCUT2D eigenvalue weighted by atomic mass is 9.97. The Balaban J connectivity index is 2.03. The van der Waals surface area contributed by atoms with Crippen LogP contribution in [0.3, 0.4) is 0 Å². The summed E-state index contributed by atoms with van der Waals surface area (Å²) in [5.41, 5.74) is 0.465. The third kappa shape index (κ3) is 6.17. The Morgan fingerprint density at radius 1 is 1.00 bits per heavy atom. The van der Waals surface area contributed by atoms with E-state index in [1.54, 1.807) is 17.0 Å². The van der Waals surface area contributed by atoms with Crippen molar-refractivity contribution in [2.45, 2.75) is 33.6 Å². The summed E-state index contributed by atoms with van der Waals surface area (Å²) in [4.78, 5) is 26.0. The van der Waals surface area contributed by atoms with Gasteiger partial charge in [-0.2, -0.15) is 0 Å². The van der Waals surface area contributed by atoms with Gasteiger partial charge in [0.15, 0.2) is 11.5 Å². The first kappa shape index (κ1) is 22.6. The van der Waals surface area contributed by atoms with Crippen LogP contribution in [0.25, 0.3) is 0 Å². The fourth-order valence-electron chi connectivity index (χ4n) is 3.31. The van der Waals surface area contributed by atoms with Gasteiger partial charge < -0.3 is 29.2 Å². The monoisotopic (exact) mass is 408 g/mol. The number of ether oxygens (including phenoxy) is 4. The number of hydrogen-bond acceptors (Lipinski definition) is 6. The zero-order chi connectivity index (χ0) is 21.2. The van der Waals surface area contributed by atoms with E-state index >= 15 is 0 Å². The molecule has 0 radical (unpaired) electrons. The predicted octanol–water partition coefficient (Wildman–Crippen LogP) is 3.09. The maximum atomic E-state index is 12.7. The third-order valence-corrected chi connectivity index (χ3v) is 4.77. The molecule has 1 aliphatic rings. The average Bonchev–Trinajstić information content (AvgIpc) is 2.74. The number of rotatable bonds is 9. The summed E-state index contributed by atoms with van der Waals surface area (Å²) in [6.07, 6.45) is 1.36. The zero-order valence-electron chi connectivity index (χ0n) is 17.8. The number of carbonyl (C=O) groups excluding carboxylic acids is 2. The molecule has 0 spiro atoms. The molecule has 1 aromatic carbocycles. The normalized spacial score (nSPS) is 14.3. The van der Waals surface area contributed by atoms with E-state index < -0.39 is 0 Å². The maximum Gasteiger partial charge on any atom is 0.409 e. The fourth-order valence-corrected chi connectivity index (χ4v) is 3.31. The van der Waals surface area contributed by atoms with Gasteiger partial charge in [0.1, 0.15) is 0 Å². The molecule has 0 saturated carbocycles. The minimum atomic E-state index is -0.297. The van der Waals surface area contributed by atoms with Gasteiger partial charge in [0, 0.05) is 25.2 Å². The van der Waals surface area contributed by atoms with Gasteiger partial charge in [-0.05, 0) is 51.7 Å². The van der Waals surface area contributed by atoms with Crippen LogP contribution >= 0.6 is 0 Å². The van der Waals surface area contributed by atoms with E-state index in [1.165, 1.54) is 7.11 Å². The Bertz CT molecular complexity index is 659. The molecule has 0 aliphatic carbocycles. The highest BCUT2D eigenvalue weighted by Crippen LogP contribution is 2.39. The first-order valence-electron chi connectivity index (χ1n) is 10.2. The molecule has 0 unspecified atom stereocenters. The van der Waals surface area contributed by atoms with Crippen LogP contribution in [-0.2, 0) is 4.74 Å². The van der Waals surface area contributed by atoms with Crippen LogP contribution in [0, 0.1) is 5.92 Å². The van der Waals surface area contributed by atoms with E-state index in [2.05, 4.69) is 5.32 Å². The quantitative estimate of drug-likeness (QED) is 0.676. The molecule has 0 aromatic heterocycles. The number of nitrogens with zero attached hydrogens (tertiary/aromatic N) is 1. The van der Waals surface area contributed by atoms with E-state index in [0.717, 1.165) is 12.8 Å². The van der Waals surface area contributed by atoms with Crippen molar-refractivity contribution in [1.82, 2.24) is 10.2 Å². The summed E-state index contributed by atoms with van der Waals surface area (Å²) in [7, 11) is 1.39. The Hall–Kier alpha value is -2.64. The van der Waals surface area contributed by atoms with Gasteiger partial charge in [-0.15, -0.1) is 0 Å². The van der Waals surface area contributed by atoms with Crippen LogP contribution in [-0.4, -0.2) is 63.5 Å². The molecule has 1 fully saturated rings. The molecule has 1 N–H and O–H groups in total. The SMILES string of the molecule is CCOc1cc(C(=O)NCC2CCN(C(=O)OC)CC2)cc(OCC)c1OCC. The summed E-state index contributed by atoms with van der Waals surface area (Å²) in [5.74, 6) is 1.64. The van der Waals surface area contributed by atoms with Crippen molar-refractivity contribution in [1.29, 1.82) is 0 Å². The van der Waals surface area contributed by atoms with Crippen molar-refractivity contribution in [2.24, 2.45) is 5.92 Å². The number of benzene rings is 1. The average molecular weight is 408 g/mol. The molecule has 0 bridgehead atoms. The Kier molecular flexibility index (Phi) is 8.89. The van der Waals surface area contributed by atoms with Crippen LogP contribution in [0.15, 0.2) is 12.1 Å². The van der Waals surface area contributed by atoms with Crippen molar-refractivity contribution in [2.75, 3.05) is 46.6 Å². The molecule has 2 rings (SSSR count). The topological polar surface area (TPSA) is 86.3 Å². The first-order valence-corrected chi connectivity index (χ1v) is 10.2. The Morgan fingerprint density at radius 3 is 2.03 bits per heavy atom. The van der Waals surface area contributed by atoms with E-state index in [-0.39, 0.29) is 12.0 Å². The first-order chi connectivity index (χ1) is 14.0. The molecule has 2 amide bonds. The largest absolute Gasteiger partial charge is 0.490 e. The van der Waals surface area contributed by atoms with Crippen molar-refractivity contribution in [3.63, 3.8) is 0 Å². The minimum absolute atomic E-state index is 0.189. The molecule has 1 heterocycles. The predicted molar refractivity (Wildman–Crippen MR) is 109 cm³/mol. The molecule has 1 saturated heterocycles. The number of nitrogens with one attached hydrogen (secondary N) is 1. The number of hydrogen-bond donors (Lipinski definition) is 1. The van der Waals surface area contributed by atoms with E-state index in [4.69, 9.17) is 18.9 Å². The number of amides is 2. The van der Waals surface area contributed by atoms with Crippen molar-refractivity contribution >= 4 is 12.0 Å². The lowest BCUT2D eigenvalue weighted by Gasteiger charge is -2.30. The van der Waals surface area contributed by atoms with Crippen molar-refractivity contribution < 1.29 is 28.5 Å². The number of piperidine rings is 1. The van der Waals surface area contributed by atoms with Crippen LogP contribution in [0.1, 0.15) is 44.0 Å². The van der Waals surface area contributed by atoms with Crippen molar-refractivity contribution in [3.05, 3.63) is 17.7 Å². The van der Waals surface area contributed by atoms with Crippen LogP contribution in [0.4, 0.5) is 4.79 Å². The van der Waals surface area contributed by atoms with E-state index in [9.17, 15) is 9.59 Å². The van der Waals surface area contributed by atoms with Gasteiger partial charge >= 0.3 is 6.09 Å². The molecular weight excluding hydrogens is 376 g/mol. The second-order valence-corrected chi connectivity index (χ2v) is 6.71. The number of likely N-dealkylation sites (tertiary alicyclic amines) is 1. The molecule has 8 heteroatoms. The van der Waals surface area contributed by atoms with Gasteiger partial charge in [-0.3, -0.25) is 4.79 Å². The lowest BCUT2D eigenvalue weighted by Crippen LogP contribution is -2.41. The second-order valence-electron chi connectivity index (χ2n) is 6.71. The summed E-state index contributed by atoms with van der Waals surface area (Å²) in [6, 6.07) is 3.37. The molecular formula is C21H32N2O6. The molecule has 1 aliphatic heterocycles. The van der Waals surface area contributed by atoms with Gasteiger partial charge in [0.2, 0.25) is 5.75 Å². The lowest BCUT2D eigenvalue weighted by molar-refractivity contribution is 0.0913. The summed E-state index contributed by atoms with van der Waals surface area (Å²) >= 11 is 0. The van der Waals surface area contributed by atoms with Gasteiger partial charge in [0.25, 0.3) is 5.91 Å². The number of carbonyl (C=O) groups is 2. The smallest absolute Gasteiger partial charge is 0.409 e.